The topological polar surface area (TPSA) is 99.0 Å². The Kier molecular flexibility index (Phi) is 11.9. The number of fused-ring (bicyclic) bond motifs is 1. The fourth-order valence-electron chi connectivity index (χ4n) is 5.95. The van der Waals surface area contributed by atoms with Crippen LogP contribution in [0.3, 0.4) is 0 Å². The summed E-state index contributed by atoms with van der Waals surface area (Å²) in [5.74, 6) is -0.742. The maximum Gasteiger partial charge on any atom is 0.246 e. The summed E-state index contributed by atoms with van der Waals surface area (Å²) >= 11 is 1.57. The molecule has 1 aromatic heterocycles. The smallest absolute Gasteiger partial charge is 0.246 e. The zero-order valence-electron chi connectivity index (χ0n) is 27.4. The van der Waals surface area contributed by atoms with Crippen LogP contribution in [0.15, 0.2) is 72.1 Å². The molecule has 3 N–H and O–H groups in total. The SMILES string of the molecule is CN1CCCC1CCNC(=O)C(Cc1cccs1)N(C)C(=O)C(Cc1ccc2ccccc2c1)N(C)C(=O)/C=C/CC(C)(C)N. The summed E-state index contributed by atoms with van der Waals surface area (Å²) in [6.45, 7) is 5.44. The van der Waals surface area contributed by atoms with Crippen molar-refractivity contribution in [2.24, 2.45) is 5.73 Å². The summed E-state index contributed by atoms with van der Waals surface area (Å²) < 4.78 is 0. The summed E-state index contributed by atoms with van der Waals surface area (Å²) in [5.41, 5.74) is 6.59. The number of thiophene rings is 1. The number of benzene rings is 2. The first-order chi connectivity index (χ1) is 21.4. The van der Waals surface area contributed by atoms with Crippen molar-refractivity contribution in [2.75, 3.05) is 34.2 Å². The Labute approximate surface area is 272 Å². The summed E-state index contributed by atoms with van der Waals surface area (Å²) in [6, 6.07) is 17.1. The molecule has 0 radical (unpaired) electrons. The average Bonchev–Trinajstić information content (AvgIpc) is 3.68. The number of nitrogens with one attached hydrogen (secondary N) is 1. The molecule has 1 fully saturated rings. The maximum atomic E-state index is 14.4. The molecule has 3 atom stereocenters. The first-order valence-electron chi connectivity index (χ1n) is 15.9. The van der Waals surface area contributed by atoms with Gasteiger partial charge in [-0.2, -0.15) is 0 Å². The van der Waals surface area contributed by atoms with E-state index in [2.05, 4.69) is 23.3 Å². The van der Waals surface area contributed by atoms with Gasteiger partial charge in [0.2, 0.25) is 17.7 Å². The van der Waals surface area contributed by atoms with Crippen LogP contribution in [-0.4, -0.2) is 90.3 Å². The summed E-state index contributed by atoms with van der Waals surface area (Å²) in [5, 5.41) is 7.27. The van der Waals surface area contributed by atoms with E-state index in [-0.39, 0.29) is 17.7 Å². The van der Waals surface area contributed by atoms with E-state index in [4.69, 9.17) is 5.73 Å². The van der Waals surface area contributed by atoms with Gasteiger partial charge in [-0.15, -0.1) is 11.3 Å². The number of hydrogen-bond acceptors (Lipinski definition) is 6. The second kappa shape index (κ2) is 15.7. The molecule has 2 heterocycles. The van der Waals surface area contributed by atoms with Gasteiger partial charge in [0.05, 0.1) is 0 Å². The molecular weight excluding hydrogens is 582 g/mol. The van der Waals surface area contributed by atoms with Crippen LogP contribution in [0.5, 0.6) is 0 Å². The van der Waals surface area contributed by atoms with E-state index in [0.29, 0.717) is 31.8 Å². The Bertz CT molecular complexity index is 1460. The number of carbonyl (C=O) groups is 3. The summed E-state index contributed by atoms with van der Waals surface area (Å²) in [6.07, 6.45) is 7.68. The van der Waals surface area contributed by atoms with Gasteiger partial charge in [-0.1, -0.05) is 54.6 Å². The predicted molar refractivity (Wildman–Crippen MR) is 184 cm³/mol. The van der Waals surface area contributed by atoms with Crippen LogP contribution in [0.2, 0.25) is 0 Å². The second-order valence-electron chi connectivity index (χ2n) is 13.1. The molecule has 0 aliphatic carbocycles. The van der Waals surface area contributed by atoms with Crippen molar-refractivity contribution in [2.45, 2.75) is 76.0 Å². The van der Waals surface area contributed by atoms with E-state index in [1.807, 2.05) is 67.8 Å². The number of nitrogens with two attached hydrogens (primary N) is 1. The molecule has 0 spiro atoms. The molecular formula is C36H49N5O3S. The molecule has 0 saturated carbocycles. The largest absolute Gasteiger partial charge is 0.354 e. The Morgan fingerprint density at radius 1 is 1.04 bits per heavy atom. The van der Waals surface area contributed by atoms with E-state index in [1.165, 1.54) is 17.4 Å². The van der Waals surface area contributed by atoms with Gasteiger partial charge >= 0.3 is 0 Å². The molecule has 3 amide bonds. The van der Waals surface area contributed by atoms with Crippen molar-refractivity contribution in [3.63, 3.8) is 0 Å². The van der Waals surface area contributed by atoms with Crippen molar-refractivity contribution in [3.8, 4) is 0 Å². The van der Waals surface area contributed by atoms with Gasteiger partial charge in [-0.05, 0) is 87.0 Å². The predicted octanol–water partition coefficient (Wildman–Crippen LogP) is 4.62. The Morgan fingerprint density at radius 3 is 2.47 bits per heavy atom. The minimum Gasteiger partial charge on any atom is -0.354 e. The highest BCUT2D eigenvalue weighted by molar-refractivity contribution is 7.09. The van der Waals surface area contributed by atoms with Crippen LogP contribution in [0, 0.1) is 0 Å². The number of rotatable bonds is 14. The van der Waals surface area contributed by atoms with Gasteiger partial charge in [-0.3, -0.25) is 14.4 Å². The molecule has 3 unspecified atom stereocenters. The Hall–Kier alpha value is -3.53. The minimum atomic E-state index is -0.815. The third-order valence-corrected chi connectivity index (χ3v) is 9.69. The minimum absolute atomic E-state index is 0.177. The highest BCUT2D eigenvalue weighted by Crippen LogP contribution is 2.22. The average molecular weight is 632 g/mol. The monoisotopic (exact) mass is 631 g/mol. The van der Waals surface area contributed by atoms with Crippen molar-refractivity contribution < 1.29 is 14.4 Å². The zero-order valence-corrected chi connectivity index (χ0v) is 28.2. The maximum absolute atomic E-state index is 14.4. The molecule has 242 valence electrons. The second-order valence-corrected chi connectivity index (χ2v) is 14.1. The molecule has 1 aliphatic heterocycles. The Balaban J connectivity index is 1.57. The number of amides is 3. The third-order valence-electron chi connectivity index (χ3n) is 8.79. The number of likely N-dealkylation sites (N-methyl/N-ethyl adjacent to an activating group) is 2. The van der Waals surface area contributed by atoms with Gasteiger partial charge in [0.1, 0.15) is 12.1 Å². The van der Waals surface area contributed by atoms with E-state index < -0.39 is 17.6 Å². The van der Waals surface area contributed by atoms with Crippen LogP contribution in [0.25, 0.3) is 10.8 Å². The van der Waals surface area contributed by atoms with Crippen LogP contribution in [0.4, 0.5) is 0 Å². The molecule has 3 aromatic rings. The van der Waals surface area contributed by atoms with Gasteiger partial charge in [0.25, 0.3) is 0 Å². The third kappa shape index (κ3) is 9.73. The first-order valence-corrected chi connectivity index (χ1v) is 16.8. The van der Waals surface area contributed by atoms with Crippen LogP contribution >= 0.6 is 11.3 Å². The van der Waals surface area contributed by atoms with Gasteiger partial charge in [0.15, 0.2) is 0 Å². The van der Waals surface area contributed by atoms with Gasteiger partial charge in [-0.25, -0.2) is 0 Å². The van der Waals surface area contributed by atoms with Crippen LogP contribution < -0.4 is 11.1 Å². The summed E-state index contributed by atoms with van der Waals surface area (Å²) in [7, 11) is 5.47. The van der Waals surface area contributed by atoms with E-state index in [1.54, 1.807) is 36.4 Å². The van der Waals surface area contributed by atoms with Crippen molar-refractivity contribution in [1.29, 1.82) is 0 Å². The van der Waals surface area contributed by atoms with E-state index in [0.717, 1.165) is 40.6 Å². The lowest BCUT2D eigenvalue weighted by atomic mass is 9.99. The van der Waals surface area contributed by atoms with Crippen molar-refractivity contribution in [1.82, 2.24) is 20.0 Å². The highest BCUT2D eigenvalue weighted by Gasteiger charge is 2.35. The fourth-order valence-corrected chi connectivity index (χ4v) is 6.69. The lowest BCUT2D eigenvalue weighted by Gasteiger charge is -2.34. The molecule has 1 saturated heterocycles. The quantitative estimate of drug-likeness (QED) is 0.253. The molecule has 4 rings (SSSR count). The van der Waals surface area contributed by atoms with Crippen LogP contribution in [-0.2, 0) is 27.2 Å². The fraction of sp³-hybridized carbons (Fsp3) is 0.472. The Morgan fingerprint density at radius 2 is 1.80 bits per heavy atom. The zero-order chi connectivity index (χ0) is 32.6. The first kappa shape index (κ1) is 34.3. The van der Waals surface area contributed by atoms with Crippen molar-refractivity contribution >= 4 is 39.8 Å². The molecule has 9 heteroatoms. The van der Waals surface area contributed by atoms with Gasteiger partial charge < -0.3 is 25.8 Å². The lowest BCUT2D eigenvalue weighted by Crippen LogP contribution is -2.56. The number of carbonyl (C=O) groups excluding carboxylic acids is 3. The van der Waals surface area contributed by atoms with Crippen LogP contribution in [0.1, 0.15) is 50.0 Å². The molecule has 8 nitrogen and oxygen atoms in total. The van der Waals surface area contributed by atoms with E-state index >= 15 is 0 Å². The molecule has 0 bridgehead atoms. The van der Waals surface area contributed by atoms with E-state index in [9.17, 15) is 14.4 Å². The summed E-state index contributed by atoms with van der Waals surface area (Å²) in [4.78, 5) is 47.9. The number of likely N-dealkylation sites (tertiary alicyclic amines) is 1. The lowest BCUT2D eigenvalue weighted by molar-refractivity contribution is -0.146. The number of nitrogens with zero attached hydrogens (tertiary/aromatic N) is 3. The standard InChI is InChI=1S/C36H49N5O3S/c1-36(2,37)19-8-15-33(42)40(4)32(24-26-16-17-27-11-6-7-12-28(27)23-26)35(44)41(5)31(25-30-14-10-22-45-30)34(43)38-20-18-29-13-9-21-39(29)3/h6-8,10-12,14-17,22-23,29,31-32H,9,13,18-21,24-25,37H2,1-5H3,(H,38,43)/b15-8+. The normalized spacial score (nSPS) is 17.0. The molecule has 2 aromatic carbocycles. The van der Waals surface area contributed by atoms with Crippen molar-refractivity contribution in [3.05, 3.63) is 82.6 Å². The highest BCUT2D eigenvalue weighted by atomic mass is 32.1. The number of hydrogen-bond donors (Lipinski definition) is 2. The molecule has 1 aliphatic rings. The van der Waals surface area contributed by atoms with Gasteiger partial charge in [0, 0.05) is 49.9 Å². The molecule has 45 heavy (non-hydrogen) atoms.